The van der Waals surface area contributed by atoms with Crippen molar-refractivity contribution in [2.75, 3.05) is 14.2 Å². The van der Waals surface area contributed by atoms with E-state index < -0.39 is 5.97 Å². The topological polar surface area (TPSA) is 79.5 Å². The minimum absolute atomic E-state index is 0.00199. The molecule has 1 N–H and O–H groups in total. The Morgan fingerprint density at radius 2 is 2.24 bits per heavy atom. The highest BCUT2D eigenvalue weighted by atomic mass is 16.5. The summed E-state index contributed by atoms with van der Waals surface area (Å²) in [4.78, 5) is 12.0. The van der Waals surface area contributed by atoms with Gasteiger partial charge in [0.05, 0.1) is 20.3 Å². The Labute approximate surface area is 123 Å². The van der Waals surface area contributed by atoms with E-state index in [0.717, 1.165) is 5.56 Å². The number of benzene rings is 1. The van der Waals surface area contributed by atoms with E-state index in [1.807, 2.05) is 12.1 Å². The van der Waals surface area contributed by atoms with Crippen LogP contribution in [-0.2, 0) is 16.0 Å². The highest BCUT2D eigenvalue weighted by Gasteiger charge is 2.31. The first-order valence-electron chi connectivity index (χ1n) is 6.68. The maximum Gasteiger partial charge on any atom is 0.341 e. The van der Waals surface area contributed by atoms with Crippen LogP contribution >= 0.6 is 0 Å². The highest BCUT2D eigenvalue weighted by Crippen LogP contribution is 2.38. The van der Waals surface area contributed by atoms with Gasteiger partial charge in [-0.25, -0.2) is 4.79 Å². The molecule has 5 heteroatoms. The molecule has 0 spiro atoms. The molecular weight excluding hydrogens is 270 g/mol. The van der Waals surface area contributed by atoms with Crippen LogP contribution in [0.25, 0.3) is 5.57 Å². The summed E-state index contributed by atoms with van der Waals surface area (Å²) in [6.45, 7) is 0. The van der Waals surface area contributed by atoms with Crippen LogP contribution in [0.15, 0.2) is 24.0 Å². The van der Waals surface area contributed by atoms with E-state index in [0.29, 0.717) is 30.6 Å². The number of nitrogens with zero attached hydrogens (tertiary/aromatic N) is 1. The number of carbonyl (C=O) groups excluding carboxylic acids is 1. The quantitative estimate of drug-likeness (QED) is 0.861. The van der Waals surface area contributed by atoms with E-state index in [4.69, 9.17) is 14.7 Å². The monoisotopic (exact) mass is 287 g/mol. The van der Waals surface area contributed by atoms with Crippen molar-refractivity contribution in [1.29, 1.82) is 5.26 Å². The van der Waals surface area contributed by atoms with Crippen molar-refractivity contribution < 1.29 is 19.4 Å². The van der Waals surface area contributed by atoms with Gasteiger partial charge in [-0.3, -0.25) is 0 Å². The summed E-state index contributed by atoms with van der Waals surface area (Å²) in [6, 6.07) is 7.48. The maximum atomic E-state index is 12.0. The molecule has 21 heavy (non-hydrogen) atoms. The Morgan fingerprint density at radius 1 is 1.48 bits per heavy atom. The van der Waals surface area contributed by atoms with Crippen molar-refractivity contribution in [3.63, 3.8) is 0 Å². The number of carbonyl (C=O) groups is 1. The summed E-state index contributed by atoms with van der Waals surface area (Å²) in [5, 5.41) is 19.1. The second-order valence-electron chi connectivity index (χ2n) is 4.87. The first kappa shape index (κ1) is 14.9. The van der Waals surface area contributed by atoms with Gasteiger partial charge in [-0.05, 0) is 36.1 Å². The van der Waals surface area contributed by atoms with Gasteiger partial charge in [0.15, 0.2) is 0 Å². The number of aliphatic hydroxyl groups is 1. The number of hydrogen-bond acceptors (Lipinski definition) is 5. The molecule has 0 radical (unpaired) electrons. The molecule has 0 aliphatic heterocycles. The van der Waals surface area contributed by atoms with E-state index >= 15 is 0 Å². The van der Waals surface area contributed by atoms with Gasteiger partial charge < -0.3 is 14.6 Å². The molecule has 1 aromatic rings. The minimum atomic E-state index is -0.580. The van der Waals surface area contributed by atoms with Crippen LogP contribution in [0.4, 0.5) is 0 Å². The van der Waals surface area contributed by atoms with Crippen molar-refractivity contribution in [3.8, 4) is 11.8 Å². The zero-order valence-corrected chi connectivity index (χ0v) is 12.0. The molecule has 2 rings (SSSR count). The average molecular weight is 287 g/mol. The molecule has 0 saturated heterocycles. The summed E-state index contributed by atoms with van der Waals surface area (Å²) in [5.74, 6) is -0.209. The van der Waals surface area contributed by atoms with Gasteiger partial charge in [0.25, 0.3) is 0 Å². The van der Waals surface area contributed by atoms with Crippen LogP contribution in [0.3, 0.4) is 0 Å². The number of nitriles is 1. The summed E-state index contributed by atoms with van der Waals surface area (Å²) in [6.07, 6.45) is 1.43. The number of esters is 1. The fraction of sp³-hybridized carbons (Fsp3) is 0.375. The van der Waals surface area contributed by atoms with Gasteiger partial charge >= 0.3 is 5.97 Å². The van der Waals surface area contributed by atoms with Crippen molar-refractivity contribution in [1.82, 2.24) is 0 Å². The highest BCUT2D eigenvalue weighted by molar-refractivity contribution is 6.18. The molecule has 1 atom stereocenters. The van der Waals surface area contributed by atoms with Crippen molar-refractivity contribution >= 4 is 11.5 Å². The van der Waals surface area contributed by atoms with Gasteiger partial charge in [-0.2, -0.15) is 5.26 Å². The summed E-state index contributed by atoms with van der Waals surface area (Å²) < 4.78 is 9.95. The van der Waals surface area contributed by atoms with Crippen LogP contribution in [-0.4, -0.2) is 25.3 Å². The molecule has 1 aromatic carbocycles. The third kappa shape index (κ3) is 2.84. The SMILES string of the molecule is COC(=O)C1=C(O)C(CCC#N)Cc2ccc(OC)cc21. The molecule has 110 valence electrons. The number of allylic oxidation sites excluding steroid dienone is 1. The van der Waals surface area contributed by atoms with Gasteiger partial charge in [0.2, 0.25) is 0 Å². The van der Waals surface area contributed by atoms with E-state index in [2.05, 4.69) is 6.07 Å². The molecule has 0 saturated carbocycles. The first-order chi connectivity index (χ1) is 10.1. The van der Waals surface area contributed by atoms with Gasteiger partial charge in [-0.15, -0.1) is 0 Å². The number of fused-ring (bicyclic) bond motifs is 1. The lowest BCUT2D eigenvalue weighted by atomic mass is 9.81. The molecule has 1 aliphatic carbocycles. The molecule has 0 bridgehead atoms. The minimum Gasteiger partial charge on any atom is -0.511 e. The Bertz CT molecular complexity index is 628. The second-order valence-corrected chi connectivity index (χ2v) is 4.87. The van der Waals surface area contributed by atoms with Crippen molar-refractivity contribution in [2.24, 2.45) is 5.92 Å². The number of aliphatic hydroxyl groups excluding tert-OH is 1. The van der Waals surface area contributed by atoms with Gasteiger partial charge in [-0.1, -0.05) is 6.07 Å². The lowest BCUT2D eigenvalue weighted by Gasteiger charge is -2.26. The van der Waals surface area contributed by atoms with Crippen LogP contribution in [0.2, 0.25) is 0 Å². The number of rotatable bonds is 4. The zero-order chi connectivity index (χ0) is 15.4. The summed E-state index contributed by atoms with van der Waals surface area (Å²) in [7, 11) is 2.82. The average Bonchev–Trinajstić information content (AvgIpc) is 2.51. The fourth-order valence-corrected chi connectivity index (χ4v) is 2.59. The van der Waals surface area contributed by atoms with Crippen LogP contribution in [0.1, 0.15) is 24.0 Å². The smallest absolute Gasteiger partial charge is 0.341 e. The zero-order valence-electron chi connectivity index (χ0n) is 12.0. The predicted octanol–water partition coefficient (Wildman–Crippen LogP) is 2.61. The van der Waals surface area contributed by atoms with Gasteiger partial charge in [0.1, 0.15) is 17.1 Å². The molecular formula is C16H17NO4. The second kappa shape index (κ2) is 6.31. The third-order valence-corrected chi connectivity index (χ3v) is 3.69. The molecule has 1 aliphatic rings. The molecule has 5 nitrogen and oxygen atoms in total. The first-order valence-corrected chi connectivity index (χ1v) is 6.68. The Balaban J connectivity index is 2.52. The lowest BCUT2D eigenvalue weighted by molar-refractivity contribution is -0.133. The van der Waals surface area contributed by atoms with Crippen molar-refractivity contribution in [2.45, 2.75) is 19.3 Å². The summed E-state index contributed by atoms with van der Waals surface area (Å²) in [5.41, 5.74) is 1.74. The van der Waals surface area contributed by atoms with Crippen LogP contribution in [0.5, 0.6) is 5.75 Å². The van der Waals surface area contributed by atoms with E-state index in [1.165, 1.54) is 7.11 Å². The summed E-state index contributed by atoms with van der Waals surface area (Å²) >= 11 is 0. The van der Waals surface area contributed by atoms with Crippen LogP contribution < -0.4 is 4.74 Å². The number of methoxy groups -OCH3 is 2. The Morgan fingerprint density at radius 3 is 2.86 bits per heavy atom. The number of ether oxygens (including phenoxy) is 2. The van der Waals surface area contributed by atoms with Gasteiger partial charge in [0, 0.05) is 12.3 Å². The normalized spacial score (nSPS) is 16.9. The lowest BCUT2D eigenvalue weighted by Crippen LogP contribution is -2.21. The van der Waals surface area contributed by atoms with E-state index in [9.17, 15) is 9.90 Å². The fourth-order valence-electron chi connectivity index (χ4n) is 2.59. The molecule has 0 fully saturated rings. The standard InChI is InChI=1S/C16H17NO4/c1-20-12-6-5-10-8-11(4-3-7-17)15(18)14(13(10)9-12)16(19)21-2/h5-6,9,11,18H,3-4,8H2,1-2H3. The molecule has 0 heterocycles. The molecule has 0 amide bonds. The maximum absolute atomic E-state index is 12.0. The molecule has 0 aromatic heterocycles. The predicted molar refractivity (Wildman–Crippen MR) is 76.6 cm³/mol. The Kier molecular flexibility index (Phi) is 4.49. The molecule has 1 unspecified atom stereocenters. The van der Waals surface area contributed by atoms with E-state index in [1.54, 1.807) is 13.2 Å². The van der Waals surface area contributed by atoms with E-state index in [-0.39, 0.29) is 17.3 Å². The third-order valence-electron chi connectivity index (χ3n) is 3.69. The largest absolute Gasteiger partial charge is 0.511 e. The Hall–Kier alpha value is -2.48. The van der Waals surface area contributed by atoms with Crippen LogP contribution in [0, 0.1) is 17.2 Å². The number of hydrogen-bond donors (Lipinski definition) is 1. The van der Waals surface area contributed by atoms with Crippen molar-refractivity contribution in [3.05, 3.63) is 35.1 Å².